The molecule has 2 nitrogen and oxygen atoms in total. The Balaban J connectivity index is 2.99. The van der Waals surface area contributed by atoms with Crippen molar-refractivity contribution in [3.05, 3.63) is 46.5 Å². The number of carbonyl (C=O) groups is 1. The fourth-order valence-electron chi connectivity index (χ4n) is 1.67. The van der Waals surface area contributed by atoms with Gasteiger partial charge in [-0.15, -0.1) is 6.58 Å². The zero-order valence-corrected chi connectivity index (χ0v) is 12.0. The Morgan fingerprint density at radius 2 is 2.24 bits per heavy atom. The van der Waals surface area contributed by atoms with Crippen LogP contribution in [0.3, 0.4) is 0 Å². The van der Waals surface area contributed by atoms with E-state index in [9.17, 15) is 4.79 Å². The van der Waals surface area contributed by atoms with Gasteiger partial charge in [-0.05, 0) is 41.4 Å². The quantitative estimate of drug-likeness (QED) is 0.757. The summed E-state index contributed by atoms with van der Waals surface area (Å²) >= 11 is 3.43. The highest BCUT2D eigenvalue weighted by atomic mass is 79.9. The molecule has 0 atom stereocenters. The van der Waals surface area contributed by atoms with Crippen molar-refractivity contribution in [2.24, 2.45) is 0 Å². The van der Waals surface area contributed by atoms with E-state index in [4.69, 9.17) is 0 Å². The summed E-state index contributed by atoms with van der Waals surface area (Å²) in [6.07, 6.45) is 2.71. The minimum Gasteiger partial charge on any atom is -0.335 e. The highest BCUT2D eigenvalue weighted by Gasteiger charge is 2.16. The minimum atomic E-state index is 0.0577. The van der Waals surface area contributed by atoms with Crippen LogP contribution in [-0.4, -0.2) is 23.9 Å². The molecular formula is C14H18BrNO. The van der Waals surface area contributed by atoms with E-state index in [1.807, 2.05) is 30.0 Å². The predicted octanol–water partition coefficient (Wildman–Crippen LogP) is 3.80. The van der Waals surface area contributed by atoms with Gasteiger partial charge in [-0.3, -0.25) is 4.79 Å². The van der Waals surface area contributed by atoms with Gasteiger partial charge in [0, 0.05) is 17.6 Å². The molecule has 92 valence electrons. The summed E-state index contributed by atoms with van der Waals surface area (Å²) in [5.41, 5.74) is 1.81. The Hall–Kier alpha value is -1.09. The molecule has 17 heavy (non-hydrogen) atoms. The molecule has 0 aliphatic carbocycles. The third-order valence-corrected chi connectivity index (χ3v) is 3.17. The topological polar surface area (TPSA) is 20.3 Å². The first kappa shape index (κ1) is 14.0. The highest BCUT2D eigenvalue weighted by Crippen LogP contribution is 2.20. The first-order chi connectivity index (χ1) is 8.10. The molecule has 0 N–H and O–H groups in total. The van der Waals surface area contributed by atoms with Crippen molar-refractivity contribution >= 4 is 21.8 Å². The lowest BCUT2D eigenvalue weighted by atomic mass is 10.1. The lowest BCUT2D eigenvalue weighted by Crippen LogP contribution is -2.32. The van der Waals surface area contributed by atoms with Gasteiger partial charge in [0.05, 0.1) is 5.56 Å². The Labute approximate surface area is 111 Å². The fraction of sp³-hybridized carbons (Fsp3) is 0.357. The van der Waals surface area contributed by atoms with E-state index >= 15 is 0 Å². The van der Waals surface area contributed by atoms with Crippen molar-refractivity contribution in [3.63, 3.8) is 0 Å². The smallest absolute Gasteiger partial charge is 0.255 e. The molecule has 0 saturated heterocycles. The summed E-state index contributed by atoms with van der Waals surface area (Å²) in [5, 5.41) is 0. The standard InChI is InChI=1S/C14H18BrNO/c1-4-8-16(9-5-2)14(17)12-10-11(3)6-7-13(12)15/h4,6-7,10H,1,5,8-9H2,2-3H3. The van der Waals surface area contributed by atoms with Gasteiger partial charge in [0.15, 0.2) is 0 Å². The molecule has 1 amide bonds. The number of benzene rings is 1. The minimum absolute atomic E-state index is 0.0577. The second kappa shape index (κ2) is 6.60. The van der Waals surface area contributed by atoms with Crippen LogP contribution < -0.4 is 0 Å². The van der Waals surface area contributed by atoms with Crippen molar-refractivity contribution in [2.75, 3.05) is 13.1 Å². The number of rotatable bonds is 5. The summed E-state index contributed by atoms with van der Waals surface area (Å²) in [6, 6.07) is 5.82. The Morgan fingerprint density at radius 3 is 2.82 bits per heavy atom. The third kappa shape index (κ3) is 3.70. The van der Waals surface area contributed by atoms with E-state index in [1.54, 1.807) is 6.08 Å². The van der Waals surface area contributed by atoms with E-state index in [2.05, 4.69) is 29.4 Å². The molecule has 0 aliphatic rings. The molecule has 3 heteroatoms. The molecule has 0 fully saturated rings. The Bertz CT molecular complexity index is 415. The number of nitrogens with zero attached hydrogens (tertiary/aromatic N) is 1. The van der Waals surface area contributed by atoms with Crippen LogP contribution in [0, 0.1) is 6.92 Å². The maximum Gasteiger partial charge on any atom is 0.255 e. The van der Waals surface area contributed by atoms with Gasteiger partial charge in [-0.2, -0.15) is 0 Å². The van der Waals surface area contributed by atoms with Crippen molar-refractivity contribution in [1.29, 1.82) is 0 Å². The first-order valence-electron chi connectivity index (χ1n) is 5.76. The molecule has 0 radical (unpaired) electrons. The van der Waals surface area contributed by atoms with E-state index < -0.39 is 0 Å². The summed E-state index contributed by atoms with van der Waals surface area (Å²) < 4.78 is 0.846. The SMILES string of the molecule is C=CCN(CCC)C(=O)c1cc(C)ccc1Br. The Morgan fingerprint density at radius 1 is 1.53 bits per heavy atom. The van der Waals surface area contributed by atoms with E-state index in [0.29, 0.717) is 6.54 Å². The number of halogens is 1. The lowest BCUT2D eigenvalue weighted by molar-refractivity contribution is 0.0773. The molecule has 0 aliphatic heterocycles. The van der Waals surface area contributed by atoms with Gasteiger partial charge in [-0.1, -0.05) is 24.6 Å². The molecule has 1 aromatic rings. The zero-order chi connectivity index (χ0) is 12.8. The van der Waals surface area contributed by atoms with Gasteiger partial charge in [0.1, 0.15) is 0 Å². The van der Waals surface area contributed by atoms with Gasteiger partial charge >= 0.3 is 0 Å². The maximum absolute atomic E-state index is 12.3. The van der Waals surface area contributed by atoms with E-state index in [0.717, 1.165) is 28.6 Å². The second-order valence-electron chi connectivity index (χ2n) is 4.02. The van der Waals surface area contributed by atoms with E-state index in [1.165, 1.54) is 0 Å². The van der Waals surface area contributed by atoms with Gasteiger partial charge in [0.2, 0.25) is 0 Å². The summed E-state index contributed by atoms with van der Waals surface area (Å²) in [4.78, 5) is 14.2. The number of carbonyl (C=O) groups excluding carboxylic acids is 1. The lowest BCUT2D eigenvalue weighted by Gasteiger charge is -2.21. The van der Waals surface area contributed by atoms with E-state index in [-0.39, 0.29) is 5.91 Å². The van der Waals surface area contributed by atoms with Crippen LogP contribution in [0.5, 0.6) is 0 Å². The summed E-state index contributed by atoms with van der Waals surface area (Å²) in [6.45, 7) is 9.09. The molecule has 0 bridgehead atoms. The van der Waals surface area contributed by atoms with Crippen molar-refractivity contribution < 1.29 is 4.79 Å². The van der Waals surface area contributed by atoms with Gasteiger partial charge in [0.25, 0.3) is 5.91 Å². The molecule has 0 saturated carbocycles. The predicted molar refractivity (Wildman–Crippen MR) is 75.3 cm³/mol. The molecule has 0 heterocycles. The van der Waals surface area contributed by atoms with Crippen LogP contribution in [0.25, 0.3) is 0 Å². The third-order valence-electron chi connectivity index (χ3n) is 2.48. The van der Waals surface area contributed by atoms with Crippen molar-refractivity contribution in [3.8, 4) is 0 Å². The monoisotopic (exact) mass is 295 g/mol. The highest BCUT2D eigenvalue weighted by molar-refractivity contribution is 9.10. The zero-order valence-electron chi connectivity index (χ0n) is 10.4. The number of amides is 1. The average molecular weight is 296 g/mol. The molecule has 0 unspecified atom stereocenters. The van der Waals surface area contributed by atoms with Crippen molar-refractivity contribution in [1.82, 2.24) is 4.90 Å². The summed E-state index contributed by atoms with van der Waals surface area (Å²) in [5.74, 6) is 0.0577. The molecule has 1 rings (SSSR count). The molecular weight excluding hydrogens is 278 g/mol. The first-order valence-corrected chi connectivity index (χ1v) is 6.55. The molecule has 0 spiro atoms. The van der Waals surface area contributed by atoms with Crippen LogP contribution in [0.2, 0.25) is 0 Å². The Kier molecular flexibility index (Phi) is 5.42. The van der Waals surface area contributed by atoms with Gasteiger partial charge < -0.3 is 4.90 Å². The molecule has 1 aromatic carbocycles. The fourth-order valence-corrected chi connectivity index (χ4v) is 2.09. The normalized spacial score (nSPS) is 10.1. The van der Waals surface area contributed by atoms with Crippen molar-refractivity contribution in [2.45, 2.75) is 20.3 Å². The van der Waals surface area contributed by atoms with Crippen LogP contribution in [0.1, 0.15) is 29.3 Å². The number of hydrogen-bond acceptors (Lipinski definition) is 1. The van der Waals surface area contributed by atoms with Crippen LogP contribution in [0.4, 0.5) is 0 Å². The van der Waals surface area contributed by atoms with Crippen LogP contribution in [-0.2, 0) is 0 Å². The largest absolute Gasteiger partial charge is 0.335 e. The maximum atomic E-state index is 12.3. The average Bonchev–Trinajstić information content (AvgIpc) is 2.31. The van der Waals surface area contributed by atoms with Crippen LogP contribution >= 0.6 is 15.9 Å². The second-order valence-corrected chi connectivity index (χ2v) is 4.88. The molecule has 0 aromatic heterocycles. The number of aryl methyl sites for hydroxylation is 1. The summed E-state index contributed by atoms with van der Waals surface area (Å²) in [7, 11) is 0. The number of hydrogen-bond donors (Lipinski definition) is 0. The van der Waals surface area contributed by atoms with Crippen LogP contribution in [0.15, 0.2) is 35.3 Å². The van der Waals surface area contributed by atoms with Gasteiger partial charge in [-0.25, -0.2) is 0 Å².